The van der Waals surface area contributed by atoms with Crippen molar-refractivity contribution in [2.75, 3.05) is 6.54 Å². The van der Waals surface area contributed by atoms with Crippen molar-refractivity contribution in [2.45, 2.75) is 32.4 Å². The Hall–Kier alpha value is -0.390. The predicted molar refractivity (Wildman–Crippen MR) is 72.3 cm³/mol. The van der Waals surface area contributed by atoms with Crippen LogP contribution in [0.25, 0.3) is 0 Å². The van der Waals surface area contributed by atoms with E-state index in [0.29, 0.717) is 0 Å². The molecular formula is C12H16BrNO2S. The minimum absolute atomic E-state index is 0.127. The van der Waals surface area contributed by atoms with Crippen LogP contribution in [-0.2, 0) is 11.3 Å². The lowest BCUT2D eigenvalue weighted by molar-refractivity contribution is -0.145. The Morgan fingerprint density at radius 2 is 2.47 bits per heavy atom. The number of nitrogens with zero attached hydrogens (tertiary/aromatic N) is 1. The fraction of sp³-hybridized carbons (Fsp3) is 0.583. The highest BCUT2D eigenvalue weighted by atomic mass is 79.9. The first-order chi connectivity index (χ1) is 8.08. The largest absolute Gasteiger partial charge is 0.481 e. The number of hydrogen-bond donors (Lipinski definition) is 1. The van der Waals surface area contributed by atoms with Gasteiger partial charge in [0, 0.05) is 27.3 Å². The minimum Gasteiger partial charge on any atom is -0.481 e. The van der Waals surface area contributed by atoms with Gasteiger partial charge < -0.3 is 5.11 Å². The van der Waals surface area contributed by atoms with Crippen LogP contribution in [0, 0.1) is 5.92 Å². The number of halogens is 1. The van der Waals surface area contributed by atoms with Crippen LogP contribution in [0.15, 0.2) is 15.9 Å². The van der Waals surface area contributed by atoms with Crippen LogP contribution < -0.4 is 0 Å². The van der Waals surface area contributed by atoms with Crippen LogP contribution in [0.5, 0.6) is 0 Å². The summed E-state index contributed by atoms with van der Waals surface area (Å²) in [4.78, 5) is 14.7. The Balaban J connectivity index is 2.03. The SMILES string of the molecule is C[C@@H]1[C@H](C(=O)O)CCCN1Cc1cc(Br)cs1. The average molecular weight is 318 g/mol. The number of carboxylic acid groups (broad SMARTS) is 1. The summed E-state index contributed by atoms with van der Waals surface area (Å²) in [6.07, 6.45) is 1.79. The fourth-order valence-corrected chi connectivity index (χ4v) is 3.88. The number of aliphatic carboxylic acids is 1. The highest BCUT2D eigenvalue weighted by molar-refractivity contribution is 9.10. The van der Waals surface area contributed by atoms with Gasteiger partial charge in [-0.2, -0.15) is 0 Å². The fourth-order valence-electron chi connectivity index (χ4n) is 2.40. The number of likely N-dealkylation sites (tertiary alicyclic amines) is 1. The molecule has 2 atom stereocenters. The molecule has 0 radical (unpaired) electrons. The van der Waals surface area contributed by atoms with E-state index in [4.69, 9.17) is 5.11 Å². The van der Waals surface area contributed by atoms with Gasteiger partial charge in [0.2, 0.25) is 0 Å². The Morgan fingerprint density at radius 1 is 1.71 bits per heavy atom. The van der Waals surface area contributed by atoms with E-state index in [0.717, 1.165) is 30.4 Å². The van der Waals surface area contributed by atoms with Gasteiger partial charge >= 0.3 is 5.97 Å². The quantitative estimate of drug-likeness (QED) is 0.930. The molecule has 0 bridgehead atoms. The first-order valence-corrected chi connectivity index (χ1v) is 7.45. The van der Waals surface area contributed by atoms with Crippen LogP contribution in [0.3, 0.4) is 0 Å². The van der Waals surface area contributed by atoms with Crippen LogP contribution in [0.1, 0.15) is 24.6 Å². The van der Waals surface area contributed by atoms with Gasteiger partial charge in [0.1, 0.15) is 0 Å². The van der Waals surface area contributed by atoms with Gasteiger partial charge in [0.05, 0.1) is 5.92 Å². The summed E-state index contributed by atoms with van der Waals surface area (Å²) in [6.45, 7) is 3.89. The molecule has 1 saturated heterocycles. The molecule has 3 nitrogen and oxygen atoms in total. The molecule has 2 rings (SSSR count). The molecule has 94 valence electrons. The van der Waals surface area contributed by atoms with Gasteiger partial charge in [-0.3, -0.25) is 9.69 Å². The summed E-state index contributed by atoms with van der Waals surface area (Å²) < 4.78 is 1.11. The summed E-state index contributed by atoms with van der Waals surface area (Å²) in [5, 5.41) is 11.2. The van der Waals surface area contributed by atoms with E-state index < -0.39 is 5.97 Å². The van der Waals surface area contributed by atoms with Crippen molar-refractivity contribution in [3.63, 3.8) is 0 Å². The summed E-state index contributed by atoms with van der Waals surface area (Å²) in [6, 6.07) is 2.24. The van der Waals surface area contributed by atoms with E-state index in [1.54, 1.807) is 11.3 Å². The number of carbonyl (C=O) groups is 1. The summed E-state index contributed by atoms with van der Waals surface area (Å²) >= 11 is 5.16. The van der Waals surface area contributed by atoms with Crippen LogP contribution >= 0.6 is 27.3 Å². The lowest BCUT2D eigenvalue weighted by Gasteiger charge is -2.37. The molecule has 0 aliphatic carbocycles. The number of piperidine rings is 1. The van der Waals surface area contributed by atoms with Crippen LogP contribution in [0.4, 0.5) is 0 Å². The van der Waals surface area contributed by atoms with Crippen LogP contribution in [0.2, 0.25) is 0 Å². The highest BCUT2D eigenvalue weighted by Crippen LogP contribution is 2.28. The molecule has 1 aromatic heterocycles. The molecule has 1 N–H and O–H groups in total. The molecular weight excluding hydrogens is 302 g/mol. The van der Waals surface area contributed by atoms with E-state index in [2.05, 4.69) is 32.3 Å². The van der Waals surface area contributed by atoms with Crippen LogP contribution in [-0.4, -0.2) is 28.6 Å². The van der Waals surface area contributed by atoms with E-state index >= 15 is 0 Å². The van der Waals surface area contributed by atoms with Crippen molar-refractivity contribution >= 4 is 33.2 Å². The number of thiophene rings is 1. The predicted octanol–water partition coefficient (Wildman–Crippen LogP) is 3.20. The Kier molecular flexibility index (Phi) is 4.22. The van der Waals surface area contributed by atoms with Gasteiger partial charge in [0.25, 0.3) is 0 Å². The maximum absolute atomic E-state index is 11.1. The molecule has 1 aliphatic rings. The van der Waals surface area contributed by atoms with Gasteiger partial charge in [0.15, 0.2) is 0 Å². The van der Waals surface area contributed by atoms with Crippen molar-refractivity contribution < 1.29 is 9.90 Å². The summed E-state index contributed by atoms with van der Waals surface area (Å²) in [7, 11) is 0. The third kappa shape index (κ3) is 3.09. The Bertz CT molecular complexity index is 407. The third-order valence-electron chi connectivity index (χ3n) is 3.42. The lowest BCUT2D eigenvalue weighted by Crippen LogP contribution is -2.45. The van der Waals surface area contributed by atoms with Crippen molar-refractivity contribution in [1.82, 2.24) is 4.90 Å². The minimum atomic E-state index is -0.658. The van der Waals surface area contributed by atoms with E-state index in [-0.39, 0.29) is 12.0 Å². The van der Waals surface area contributed by atoms with Crippen molar-refractivity contribution in [1.29, 1.82) is 0 Å². The number of rotatable bonds is 3. The molecule has 1 aromatic rings. The molecule has 1 aliphatic heterocycles. The number of hydrogen-bond acceptors (Lipinski definition) is 3. The Morgan fingerprint density at radius 3 is 3.06 bits per heavy atom. The topological polar surface area (TPSA) is 40.5 Å². The van der Waals surface area contributed by atoms with Crippen molar-refractivity contribution in [3.05, 3.63) is 20.8 Å². The third-order valence-corrected chi connectivity index (χ3v) is 5.10. The molecule has 2 heterocycles. The molecule has 0 amide bonds. The molecule has 1 fully saturated rings. The van der Waals surface area contributed by atoms with Gasteiger partial charge in [-0.25, -0.2) is 0 Å². The van der Waals surface area contributed by atoms with Gasteiger partial charge in [-0.15, -0.1) is 11.3 Å². The molecule has 0 unspecified atom stereocenters. The maximum Gasteiger partial charge on any atom is 0.308 e. The second-order valence-corrected chi connectivity index (χ2v) is 6.44. The zero-order valence-electron chi connectivity index (χ0n) is 9.73. The Labute approximate surface area is 114 Å². The molecule has 0 spiro atoms. The van der Waals surface area contributed by atoms with Crippen molar-refractivity contribution in [3.8, 4) is 0 Å². The smallest absolute Gasteiger partial charge is 0.308 e. The number of carboxylic acids is 1. The maximum atomic E-state index is 11.1. The summed E-state index contributed by atoms with van der Waals surface area (Å²) in [5.74, 6) is -0.873. The molecule has 0 saturated carbocycles. The zero-order valence-corrected chi connectivity index (χ0v) is 12.1. The summed E-state index contributed by atoms with van der Waals surface area (Å²) in [5.41, 5.74) is 0. The standard InChI is InChI=1S/C12H16BrNO2S/c1-8-11(12(15)16)3-2-4-14(8)6-10-5-9(13)7-17-10/h5,7-8,11H,2-4,6H2,1H3,(H,15,16)/t8-,11-/m1/s1. The van der Waals surface area contributed by atoms with Crippen molar-refractivity contribution in [2.24, 2.45) is 5.92 Å². The highest BCUT2D eigenvalue weighted by Gasteiger charge is 2.32. The monoisotopic (exact) mass is 317 g/mol. The zero-order chi connectivity index (χ0) is 12.4. The average Bonchev–Trinajstić information content (AvgIpc) is 2.67. The second kappa shape index (κ2) is 5.50. The first-order valence-electron chi connectivity index (χ1n) is 5.77. The van der Waals surface area contributed by atoms with Gasteiger partial charge in [-0.1, -0.05) is 0 Å². The second-order valence-electron chi connectivity index (χ2n) is 4.53. The molecule has 17 heavy (non-hydrogen) atoms. The first kappa shape index (κ1) is 13.1. The molecule has 5 heteroatoms. The molecule has 0 aromatic carbocycles. The van der Waals surface area contributed by atoms with E-state index in [9.17, 15) is 4.79 Å². The van der Waals surface area contributed by atoms with Gasteiger partial charge in [-0.05, 0) is 48.3 Å². The normalized spacial score (nSPS) is 26.0. The van der Waals surface area contributed by atoms with E-state index in [1.807, 2.05) is 6.92 Å². The lowest BCUT2D eigenvalue weighted by atomic mass is 9.90. The van der Waals surface area contributed by atoms with E-state index in [1.165, 1.54) is 4.88 Å².